The molecule has 1 heterocycles. The quantitative estimate of drug-likeness (QED) is 0.905. The maximum atomic E-state index is 11.1. The van der Waals surface area contributed by atoms with Crippen LogP contribution in [-0.4, -0.2) is 42.7 Å². The van der Waals surface area contributed by atoms with Crippen molar-refractivity contribution in [2.75, 3.05) is 25.5 Å². The lowest BCUT2D eigenvalue weighted by Crippen LogP contribution is -2.42. The average Bonchev–Trinajstić information content (AvgIpc) is 2.46. The standard InChI is InChI=1S/C17H26N2O2/c1-13(14-7-9-15(10-8-14)18(2)3)19-11-5-4-6-16(19)12-17(20)21/h7-10,13,16H,4-6,11-12H2,1-3H3,(H,20,21). The highest BCUT2D eigenvalue weighted by Crippen LogP contribution is 2.30. The van der Waals surface area contributed by atoms with Gasteiger partial charge in [0.05, 0.1) is 6.42 Å². The van der Waals surface area contributed by atoms with Gasteiger partial charge < -0.3 is 10.0 Å². The highest BCUT2D eigenvalue weighted by molar-refractivity contribution is 5.67. The van der Waals surface area contributed by atoms with Crippen LogP contribution < -0.4 is 4.90 Å². The van der Waals surface area contributed by atoms with Gasteiger partial charge in [-0.25, -0.2) is 0 Å². The third kappa shape index (κ3) is 3.97. The fourth-order valence-electron chi connectivity index (χ4n) is 3.20. The highest BCUT2D eigenvalue weighted by atomic mass is 16.4. The molecule has 1 fully saturated rings. The monoisotopic (exact) mass is 290 g/mol. The molecule has 21 heavy (non-hydrogen) atoms. The molecule has 116 valence electrons. The van der Waals surface area contributed by atoms with Crippen LogP contribution >= 0.6 is 0 Å². The van der Waals surface area contributed by atoms with Crippen molar-refractivity contribution >= 4 is 11.7 Å². The first kappa shape index (κ1) is 15.8. The predicted molar refractivity (Wildman–Crippen MR) is 85.8 cm³/mol. The van der Waals surface area contributed by atoms with Crippen LogP contribution in [0.25, 0.3) is 0 Å². The van der Waals surface area contributed by atoms with Gasteiger partial charge in [-0.15, -0.1) is 0 Å². The molecule has 1 aliphatic heterocycles. The third-order valence-corrected chi connectivity index (χ3v) is 4.47. The second-order valence-corrected chi connectivity index (χ2v) is 6.15. The summed E-state index contributed by atoms with van der Waals surface area (Å²) >= 11 is 0. The molecule has 0 spiro atoms. The number of benzene rings is 1. The van der Waals surface area contributed by atoms with Crippen molar-refractivity contribution in [3.63, 3.8) is 0 Å². The fourth-order valence-corrected chi connectivity index (χ4v) is 3.20. The number of carboxylic acids is 1. The maximum absolute atomic E-state index is 11.1. The van der Waals surface area contributed by atoms with Gasteiger partial charge in [-0.1, -0.05) is 18.6 Å². The Labute approximate surface area is 127 Å². The summed E-state index contributed by atoms with van der Waals surface area (Å²) in [5.41, 5.74) is 2.45. The second kappa shape index (κ2) is 6.94. The minimum absolute atomic E-state index is 0.166. The lowest BCUT2D eigenvalue weighted by atomic mass is 9.95. The zero-order chi connectivity index (χ0) is 15.4. The van der Waals surface area contributed by atoms with Crippen LogP contribution in [-0.2, 0) is 4.79 Å². The van der Waals surface area contributed by atoms with Crippen molar-refractivity contribution < 1.29 is 9.90 Å². The zero-order valence-electron chi connectivity index (χ0n) is 13.2. The molecular weight excluding hydrogens is 264 g/mol. The number of aliphatic carboxylic acids is 1. The Kier molecular flexibility index (Phi) is 5.23. The summed E-state index contributed by atoms with van der Waals surface area (Å²) in [4.78, 5) is 15.5. The topological polar surface area (TPSA) is 43.8 Å². The lowest BCUT2D eigenvalue weighted by molar-refractivity contribution is -0.139. The van der Waals surface area contributed by atoms with E-state index in [-0.39, 0.29) is 18.5 Å². The van der Waals surface area contributed by atoms with E-state index in [4.69, 9.17) is 5.11 Å². The average molecular weight is 290 g/mol. The SMILES string of the molecule is CC(c1ccc(N(C)C)cc1)N1CCCCC1CC(=O)O. The second-order valence-electron chi connectivity index (χ2n) is 6.15. The van der Waals surface area contributed by atoms with Gasteiger partial charge >= 0.3 is 5.97 Å². The molecule has 1 saturated heterocycles. The number of likely N-dealkylation sites (tertiary alicyclic amines) is 1. The van der Waals surface area contributed by atoms with E-state index in [1.54, 1.807) is 0 Å². The van der Waals surface area contributed by atoms with Gasteiger partial charge in [-0.05, 0) is 44.0 Å². The van der Waals surface area contributed by atoms with Gasteiger partial charge in [0.15, 0.2) is 0 Å². The molecule has 0 bridgehead atoms. The van der Waals surface area contributed by atoms with E-state index in [0.29, 0.717) is 0 Å². The summed E-state index contributed by atoms with van der Waals surface area (Å²) in [6.45, 7) is 3.18. The van der Waals surface area contributed by atoms with E-state index < -0.39 is 5.97 Å². The van der Waals surface area contributed by atoms with Gasteiger partial charge in [0.1, 0.15) is 0 Å². The third-order valence-electron chi connectivity index (χ3n) is 4.47. The molecule has 0 saturated carbocycles. The van der Waals surface area contributed by atoms with Gasteiger partial charge in [0.25, 0.3) is 0 Å². The number of nitrogens with zero attached hydrogens (tertiary/aromatic N) is 2. The summed E-state index contributed by atoms with van der Waals surface area (Å²) in [5.74, 6) is -0.693. The molecular formula is C17H26N2O2. The van der Waals surface area contributed by atoms with Crippen LogP contribution in [0, 0.1) is 0 Å². The molecule has 0 aliphatic carbocycles. The van der Waals surface area contributed by atoms with E-state index in [1.807, 2.05) is 14.1 Å². The van der Waals surface area contributed by atoms with Gasteiger partial charge in [-0.2, -0.15) is 0 Å². The normalized spacial score (nSPS) is 21.0. The van der Waals surface area contributed by atoms with Crippen molar-refractivity contribution in [2.45, 2.75) is 44.7 Å². The molecule has 0 radical (unpaired) electrons. The first-order chi connectivity index (χ1) is 9.99. The number of hydrogen-bond acceptors (Lipinski definition) is 3. The molecule has 1 aromatic carbocycles. The van der Waals surface area contributed by atoms with Crippen molar-refractivity contribution in [3.05, 3.63) is 29.8 Å². The van der Waals surface area contributed by atoms with Crippen LogP contribution in [0.5, 0.6) is 0 Å². The molecule has 4 heteroatoms. The highest BCUT2D eigenvalue weighted by Gasteiger charge is 2.28. The van der Waals surface area contributed by atoms with Crippen LogP contribution in [0.3, 0.4) is 0 Å². The minimum Gasteiger partial charge on any atom is -0.481 e. The van der Waals surface area contributed by atoms with Crippen molar-refractivity contribution in [3.8, 4) is 0 Å². The Morgan fingerprint density at radius 2 is 2.00 bits per heavy atom. The summed E-state index contributed by atoms with van der Waals surface area (Å²) in [6.07, 6.45) is 3.55. The van der Waals surface area contributed by atoms with Crippen LogP contribution in [0.4, 0.5) is 5.69 Å². The van der Waals surface area contributed by atoms with E-state index in [9.17, 15) is 4.79 Å². The number of carbonyl (C=O) groups is 1. The molecule has 1 aliphatic rings. The van der Waals surface area contributed by atoms with Crippen molar-refractivity contribution in [1.29, 1.82) is 0 Å². The molecule has 0 amide bonds. The number of carboxylic acid groups (broad SMARTS) is 1. The van der Waals surface area contributed by atoms with Gasteiger partial charge in [0, 0.05) is 31.9 Å². The molecule has 1 aromatic rings. The molecule has 1 N–H and O–H groups in total. The van der Waals surface area contributed by atoms with Crippen molar-refractivity contribution in [2.24, 2.45) is 0 Å². The Bertz CT molecular complexity index is 470. The predicted octanol–water partition coefficient (Wildman–Crippen LogP) is 3.14. The Balaban J connectivity index is 2.12. The summed E-state index contributed by atoms with van der Waals surface area (Å²) in [6, 6.07) is 9.01. The van der Waals surface area contributed by atoms with Crippen LogP contribution in [0.15, 0.2) is 24.3 Å². The Morgan fingerprint density at radius 1 is 1.33 bits per heavy atom. The van der Waals surface area contributed by atoms with Crippen LogP contribution in [0.2, 0.25) is 0 Å². The van der Waals surface area contributed by atoms with E-state index in [2.05, 4.69) is 41.0 Å². The lowest BCUT2D eigenvalue weighted by Gasteiger charge is -2.39. The Hall–Kier alpha value is -1.55. The largest absolute Gasteiger partial charge is 0.481 e. The minimum atomic E-state index is -0.693. The summed E-state index contributed by atoms with van der Waals surface area (Å²) in [7, 11) is 4.07. The molecule has 2 atom stereocenters. The number of rotatable bonds is 5. The number of piperidine rings is 1. The first-order valence-electron chi connectivity index (χ1n) is 7.74. The maximum Gasteiger partial charge on any atom is 0.304 e. The number of anilines is 1. The van der Waals surface area contributed by atoms with E-state index in [0.717, 1.165) is 25.8 Å². The van der Waals surface area contributed by atoms with Gasteiger partial charge in [-0.3, -0.25) is 9.69 Å². The molecule has 2 rings (SSSR count). The summed E-state index contributed by atoms with van der Waals surface area (Å²) < 4.78 is 0. The first-order valence-corrected chi connectivity index (χ1v) is 7.74. The van der Waals surface area contributed by atoms with E-state index >= 15 is 0 Å². The van der Waals surface area contributed by atoms with Crippen molar-refractivity contribution in [1.82, 2.24) is 4.90 Å². The molecule has 2 unspecified atom stereocenters. The summed E-state index contributed by atoms with van der Waals surface area (Å²) in [5, 5.41) is 9.10. The van der Waals surface area contributed by atoms with E-state index in [1.165, 1.54) is 11.3 Å². The molecule has 4 nitrogen and oxygen atoms in total. The fraction of sp³-hybridized carbons (Fsp3) is 0.588. The van der Waals surface area contributed by atoms with Crippen LogP contribution in [0.1, 0.15) is 44.2 Å². The smallest absolute Gasteiger partial charge is 0.304 e. The Morgan fingerprint density at radius 3 is 2.57 bits per heavy atom. The number of hydrogen-bond donors (Lipinski definition) is 1. The zero-order valence-corrected chi connectivity index (χ0v) is 13.2. The van der Waals surface area contributed by atoms with Gasteiger partial charge in [0.2, 0.25) is 0 Å². The molecule has 0 aromatic heterocycles.